The van der Waals surface area contributed by atoms with Gasteiger partial charge in [0.15, 0.2) is 0 Å². The number of nitrogens with zero attached hydrogens (tertiary/aromatic N) is 2. The fraction of sp³-hybridized carbons (Fsp3) is 0.333. The van der Waals surface area contributed by atoms with Crippen LogP contribution in [0.3, 0.4) is 0 Å². The first-order valence-corrected chi connectivity index (χ1v) is 7.93. The summed E-state index contributed by atoms with van der Waals surface area (Å²) in [5.74, 6) is -0.130. The average Bonchev–Trinajstić information content (AvgIpc) is 2.96. The van der Waals surface area contributed by atoms with E-state index >= 15 is 0 Å². The van der Waals surface area contributed by atoms with Gasteiger partial charge in [-0.2, -0.15) is 0 Å². The van der Waals surface area contributed by atoms with Crippen LogP contribution in [0.15, 0.2) is 24.7 Å². The van der Waals surface area contributed by atoms with E-state index in [0.29, 0.717) is 10.8 Å². The van der Waals surface area contributed by atoms with Crippen LogP contribution in [0.25, 0.3) is 0 Å². The highest BCUT2D eigenvalue weighted by molar-refractivity contribution is 7.14. The summed E-state index contributed by atoms with van der Waals surface area (Å²) in [6.07, 6.45) is 7.45. The van der Waals surface area contributed by atoms with Gasteiger partial charge in [-0.3, -0.25) is 25.4 Å². The van der Waals surface area contributed by atoms with Crippen LogP contribution >= 0.6 is 11.3 Å². The molecule has 0 bridgehead atoms. The van der Waals surface area contributed by atoms with Crippen LogP contribution in [0.5, 0.6) is 0 Å². The number of nitrogens with one attached hydrogen (secondary N) is 2. The summed E-state index contributed by atoms with van der Waals surface area (Å²) >= 11 is 1.50. The zero-order valence-corrected chi connectivity index (χ0v) is 12.9. The third-order valence-electron chi connectivity index (χ3n) is 3.64. The molecule has 7 heteroatoms. The van der Waals surface area contributed by atoms with Gasteiger partial charge in [0.1, 0.15) is 5.69 Å². The number of fused-ring (bicyclic) bond motifs is 1. The first kappa shape index (κ1) is 14.6. The Kier molecular flexibility index (Phi) is 4.15. The number of aromatic nitrogens is 2. The Labute approximate surface area is 132 Å². The molecule has 0 fully saturated rings. The molecule has 2 aromatic rings. The summed E-state index contributed by atoms with van der Waals surface area (Å²) in [6, 6.07) is 1.93. The van der Waals surface area contributed by atoms with Crippen LogP contribution in [0.2, 0.25) is 0 Å². The number of hydrogen-bond donors (Lipinski definition) is 2. The van der Waals surface area contributed by atoms with Gasteiger partial charge < -0.3 is 0 Å². The highest BCUT2D eigenvalue weighted by atomic mass is 32.1. The summed E-state index contributed by atoms with van der Waals surface area (Å²) in [4.78, 5) is 33.5. The van der Waals surface area contributed by atoms with Crippen molar-refractivity contribution in [2.75, 3.05) is 0 Å². The SMILES string of the molecule is CC1CCc2sc(C(=O)NNC(=O)c3cnccn3)cc2C1. The molecule has 2 aromatic heterocycles. The minimum atomic E-state index is -0.489. The van der Waals surface area contributed by atoms with Gasteiger partial charge in [0.2, 0.25) is 0 Å². The summed E-state index contributed by atoms with van der Waals surface area (Å²) in [5.41, 5.74) is 6.19. The fourth-order valence-electron chi connectivity index (χ4n) is 2.47. The zero-order valence-electron chi connectivity index (χ0n) is 12.1. The molecule has 0 saturated carbocycles. The molecule has 0 radical (unpaired) electrons. The highest BCUT2D eigenvalue weighted by Crippen LogP contribution is 2.32. The molecule has 1 aliphatic carbocycles. The maximum Gasteiger partial charge on any atom is 0.289 e. The van der Waals surface area contributed by atoms with Gasteiger partial charge in [0, 0.05) is 17.3 Å². The van der Waals surface area contributed by atoms with Gasteiger partial charge in [-0.05, 0) is 36.8 Å². The number of aryl methyl sites for hydroxylation is 1. The maximum absolute atomic E-state index is 12.1. The summed E-state index contributed by atoms with van der Waals surface area (Å²) in [5, 5.41) is 0. The molecule has 1 aliphatic rings. The Morgan fingerprint density at radius 1 is 1.27 bits per heavy atom. The zero-order chi connectivity index (χ0) is 15.5. The lowest BCUT2D eigenvalue weighted by atomic mass is 9.90. The predicted molar refractivity (Wildman–Crippen MR) is 82.5 cm³/mol. The molecule has 114 valence electrons. The molecule has 0 saturated heterocycles. The molecular weight excluding hydrogens is 300 g/mol. The summed E-state index contributed by atoms with van der Waals surface area (Å²) in [7, 11) is 0. The van der Waals surface area contributed by atoms with E-state index in [1.54, 1.807) is 0 Å². The Balaban J connectivity index is 1.62. The van der Waals surface area contributed by atoms with Crippen LogP contribution in [0.4, 0.5) is 0 Å². The van der Waals surface area contributed by atoms with Gasteiger partial charge in [0.25, 0.3) is 11.8 Å². The Hall–Kier alpha value is -2.28. The number of amides is 2. The molecule has 1 atom stereocenters. The van der Waals surface area contributed by atoms with Crippen LogP contribution < -0.4 is 10.9 Å². The van der Waals surface area contributed by atoms with Gasteiger partial charge >= 0.3 is 0 Å². The lowest BCUT2D eigenvalue weighted by Crippen LogP contribution is -2.41. The van der Waals surface area contributed by atoms with Gasteiger partial charge in [-0.15, -0.1) is 11.3 Å². The number of carbonyl (C=O) groups excluding carboxylic acids is 2. The van der Waals surface area contributed by atoms with Gasteiger partial charge in [-0.1, -0.05) is 6.92 Å². The van der Waals surface area contributed by atoms with Crippen molar-refractivity contribution in [3.63, 3.8) is 0 Å². The molecule has 0 aliphatic heterocycles. The molecule has 6 nitrogen and oxygen atoms in total. The van der Waals surface area contributed by atoms with Crippen molar-refractivity contribution in [2.24, 2.45) is 5.92 Å². The van der Waals surface area contributed by atoms with Crippen LogP contribution in [-0.2, 0) is 12.8 Å². The smallest absolute Gasteiger partial charge is 0.266 e. The molecule has 2 heterocycles. The van der Waals surface area contributed by atoms with E-state index in [1.807, 2.05) is 6.07 Å². The van der Waals surface area contributed by atoms with Crippen molar-refractivity contribution in [1.82, 2.24) is 20.8 Å². The van der Waals surface area contributed by atoms with Crippen molar-refractivity contribution >= 4 is 23.2 Å². The molecule has 1 unspecified atom stereocenters. The Bertz CT molecular complexity index is 699. The van der Waals surface area contributed by atoms with Crippen molar-refractivity contribution in [2.45, 2.75) is 26.2 Å². The normalized spacial score (nSPS) is 16.7. The van der Waals surface area contributed by atoms with E-state index in [2.05, 4.69) is 27.7 Å². The average molecular weight is 316 g/mol. The molecule has 2 N–H and O–H groups in total. The molecular formula is C15H16N4O2S. The number of rotatable bonds is 2. The maximum atomic E-state index is 12.1. The lowest BCUT2D eigenvalue weighted by Gasteiger charge is -2.16. The summed E-state index contributed by atoms with van der Waals surface area (Å²) < 4.78 is 0. The highest BCUT2D eigenvalue weighted by Gasteiger charge is 2.21. The molecule has 22 heavy (non-hydrogen) atoms. The monoisotopic (exact) mass is 316 g/mol. The second-order valence-electron chi connectivity index (χ2n) is 5.41. The molecule has 0 spiro atoms. The van der Waals surface area contributed by atoms with Crippen molar-refractivity contribution in [3.8, 4) is 0 Å². The molecule has 2 amide bonds. The van der Waals surface area contributed by atoms with Crippen molar-refractivity contribution in [1.29, 1.82) is 0 Å². The van der Waals surface area contributed by atoms with E-state index in [1.165, 1.54) is 40.4 Å². The van der Waals surface area contributed by atoms with E-state index in [4.69, 9.17) is 0 Å². The van der Waals surface area contributed by atoms with Crippen molar-refractivity contribution in [3.05, 3.63) is 45.7 Å². The second kappa shape index (κ2) is 6.23. The van der Waals surface area contributed by atoms with E-state index in [-0.39, 0.29) is 11.6 Å². The number of hydrogen-bond acceptors (Lipinski definition) is 5. The first-order chi connectivity index (χ1) is 10.6. The summed E-state index contributed by atoms with van der Waals surface area (Å²) in [6.45, 7) is 2.22. The molecule has 3 rings (SSSR count). The van der Waals surface area contributed by atoms with Gasteiger partial charge in [-0.25, -0.2) is 4.98 Å². The van der Waals surface area contributed by atoms with Crippen LogP contribution in [-0.4, -0.2) is 21.8 Å². The lowest BCUT2D eigenvalue weighted by molar-refractivity contribution is 0.0846. The van der Waals surface area contributed by atoms with Gasteiger partial charge in [0.05, 0.1) is 11.1 Å². The van der Waals surface area contributed by atoms with E-state index in [9.17, 15) is 9.59 Å². The second-order valence-corrected chi connectivity index (χ2v) is 6.54. The van der Waals surface area contributed by atoms with Crippen molar-refractivity contribution < 1.29 is 9.59 Å². The predicted octanol–water partition coefficient (Wildman–Crippen LogP) is 1.74. The first-order valence-electron chi connectivity index (χ1n) is 7.12. The minimum Gasteiger partial charge on any atom is -0.266 e. The largest absolute Gasteiger partial charge is 0.289 e. The number of carbonyl (C=O) groups is 2. The Morgan fingerprint density at radius 2 is 2.09 bits per heavy atom. The third kappa shape index (κ3) is 3.14. The van der Waals surface area contributed by atoms with E-state index < -0.39 is 5.91 Å². The van der Waals surface area contributed by atoms with Crippen LogP contribution in [0.1, 0.15) is 43.9 Å². The fourth-order valence-corrected chi connectivity index (χ4v) is 3.58. The number of hydrazine groups is 1. The Morgan fingerprint density at radius 3 is 2.86 bits per heavy atom. The quantitative estimate of drug-likeness (QED) is 0.827. The standard InChI is InChI=1S/C15H16N4O2S/c1-9-2-3-12-10(6-9)7-13(22-12)15(21)19-18-14(20)11-8-16-4-5-17-11/h4-5,7-9H,2-3,6H2,1H3,(H,18,20)(H,19,21). The van der Waals surface area contributed by atoms with E-state index in [0.717, 1.165) is 19.3 Å². The van der Waals surface area contributed by atoms with Crippen LogP contribution in [0, 0.1) is 5.92 Å². The minimum absolute atomic E-state index is 0.155. The third-order valence-corrected chi connectivity index (χ3v) is 4.87. The topological polar surface area (TPSA) is 84.0 Å². The number of thiophene rings is 1. The molecule has 0 aromatic carbocycles.